The standard InChI is InChI=1S/C16H17ClN2OS/c1-10-3-5-12(17)7-14(10)19-16(20)9-21-15-8-13(18)6-4-11(15)2/h3-8H,9,18H2,1-2H3,(H,19,20). The van der Waals surface area contributed by atoms with Crippen LogP contribution in [0.2, 0.25) is 5.02 Å². The Morgan fingerprint density at radius 1 is 1.19 bits per heavy atom. The number of carbonyl (C=O) groups excluding carboxylic acids is 1. The van der Waals surface area contributed by atoms with Crippen molar-refractivity contribution in [1.82, 2.24) is 0 Å². The highest BCUT2D eigenvalue weighted by atomic mass is 35.5. The molecule has 21 heavy (non-hydrogen) atoms. The first-order valence-corrected chi connectivity index (χ1v) is 7.87. The highest BCUT2D eigenvalue weighted by Gasteiger charge is 2.08. The fourth-order valence-electron chi connectivity index (χ4n) is 1.83. The molecule has 5 heteroatoms. The SMILES string of the molecule is Cc1ccc(Cl)cc1NC(=O)CSc1cc(N)ccc1C. The Kier molecular flexibility index (Phi) is 5.15. The minimum absolute atomic E-state index is 0.0628. The molecule has 0 unspecified atom stereocenters. The molecule has 0 spiro atoms. The van der Waals surface area contributed by atoms with Gasteiger partial charge in [0.1, 0.15) is 0 Å². The van der Waals surface area contributed by atoms with Gasteiger partial charge in [0.2, 0.25) is 5.91 Å². The van der Waals surface area contributed by atoms with Gasteiger partial charge in [0.05, 0.1) is 5.75 Å². The van der Waals surface area contributed by atoms with Crippen molar-refractivity contribution in [3.05, 3.63) is 52.5 Å². The van der Waals surface area contributed by atoms with Gasteiger partial charge in [-0.3, -0.25) is 4.79 Å². The maximum atomic E-state index is 12.0. The first kappa shape index (κ1) is 15.7. The molecule has 0 radical (unpaired) electrons. The van der Waals surface area contributed by atoms with Crippen molar-refractivity contribution in [2.75, 3.05) is 16.8 Å². The molecule has 110 valence electrons. The number of benzene rings is 2. The van der Waals surface area contributed by atoms with Crippen LogP contribution < -0.4 is 11.1 Å². The van der Waals surface area contributed by atoms with E-state index in [4.69, 9.17) is 17.3 Å². The lowest BCUT2D eigenvalue weighted by Gasteiger charge is -2.10. The van der Waals surface area contributed by atoms with Gasteiger partial charge in [-0.05, 0) is 49.2 Å². The maximum Gasteiger partial charge on any atom is 0.234 e. The second-order valence-electron chi connectivity index (χ2n) is 4.82. The smallest absolute Gasteiger partial charge is 0.234 e. The molecule has 0 aromatic heterocycles. The largest absolute Gasteiger partial charge is 0.399 e. The molecule has 2 aromatic carbocycles. The molecule has 3 nitrogen and oxygen atoms in total. The van der Waals surface area contributed by atoms with Crippen molar-refractivity contribution in [2.24, 2.45) is 0 Å². The first-order chi connectivity index (χ1) is 9.95. The van der Waals surface area contributed by atoms with E-state index in [1.807, 2.05) is 38.1 Å². The summed E-state index contributed by atoms with van der Waals surface area (Å²) in [7, 11) is 0. The van der Waals surface area contributed by atoms with Crippen molar-refractivity contribution in [3.8, 4) is 0 Å². The summed E-state index contributed by atoms with van der Waals surface area (Å²) >= 11 is 7.41. The average molecular weight is 321 g/mol. The molecule has 0 bridgehead atoms. The van der Waals surface area contributed by atoms with Gasteiger partial charge in [0.25, 0.3) is 0 Å². The number of amides is 1. The zero-order chi connectivity index (χ0) is 15.4. The van der Waals surface area contributed by atoms with E-state index in [9.17, 15) is 4.79 Å². The Balaban J connectivity index is 1.99. The van der Waals surface area contributed by atoms with E-state index in [0.29, 0.717) is 16.5 Å². The van der Waals surface area contributed by atoms with Crippen molar-refractivity contribution in [3.63, 3.8) is 0 Å². The molecule has 0 saturated carbocycles. The van der Waals surface area contributed by atoms with Crippen LogP contribution in [-0.4, -0.2) is 11.7 Å². The van der Waals surface area contributed by atoms with E-state index in [-0.39, 0.29) is 5.91 Å². The van der Waals surface area contributed by atoms with Crippen LogP contribution in [0.5, 0.6) is 0 Å². The molecule has 0 heterocycles. The van der Waals surface area contributed by atoms with Gasteiger partial charge in [-0.1, -0.05) is 23.7 Å². The Hall–Kier alpha value is -1.65. The third kappa shape index (κ3) is 4.41. The van der Waals surface area contributed by atoms with Crippen LogP contribution in [0.15, 0.2) is 41.3 Å². The van der Waals surface area contributed by atoms with Crippen molar-refractivity contribution >= 4 is 40.6 Å². The Labute approximate surface area is 133 Å². The zero-order valence-corrected chi connectivity index (χ0v) is 13.5. The van der Waals surface area contributed by atoms with Crippen LogP contribution in [0.25, 0.3) is 0 Å². The number of carbonyl (C=O) groups is 1. The molecule has 0 saturated heterocycles. The summed E-state index contributed by atoms with van der Waals surface area (Å²) in [6.45, 7) is 3.93. The molecular weight excluding hydrogens is 304 g/mol. The molecule has 0 aliphatic carbocycles. The van der Waals surface area contributed by atoms with Crippen molar-refractivity contribution in [2.45, 2.75) is 18.7 Å². The summed E-state index contributed by atoms with van der Waals surface area (Å²) in [5.74, 6) is 0.267. The minimum atomic E-state index is -0.0628. The second-order valence-corrected chi connectivity index (χ2v) is 6.27. The van der Waals surface area contributed by atoms with E-state index >= 15 is 0 Å². The molecule has 2 rings (SSSR count). The van der Waals surface area contributed by atoms with E-state index in [1.54, 1.807) is 12.1 Å². The van der Waals surface area contributed by atoms with Crippen LogP contribution in [0.4, 0.5) is 11.4 Å². The second kappa shape index (κ2) is 6.87. The number of aryl methyl sites for hydroxylation is 2. The first-order valence-electron chi connectivity index (χ1n) is 6.50. The molecule has 0 aliphatic rings. The number of nitrogen functional groups attached to an aromatic ring is 1. The quantitative estimate of drug-likeness (QED) is 0.653. The van der Waals surface area contributed by atoms with Gasteiger partial charge in [-0.15, -0.1) is 11.8 Å². The Morgan fingerprint density at radius 2 is 1.90 bits per heavy atom. The molecule has 0 fully saturated rings. The number of nitrogens with one attached hydrogen (secondary N) is 1. The predicted molar refractivity (Wildman–Crippen MR) is 91.1 cm³/mol. The van der Waals surface area contributed by atoms with Crippen molar-refractivity contribution < 1.29 is 4.79 Å². The van der Waals surface area contributed by atoms with Gasteiger partial charge in [0.15, 0.2) is 0 Å². The number of halogens is 1. The fourth-order valence-corrected chi connectivity index (χ4v) is 2.88. The number of hydrogen-bond acceptors (Lipinski definition) is 3. The van der Waals surface area contributed by atoms with Crippen LogP contribution in [-0.2, 0) is 4.79 Å². The number of rotatable bonds is 4. The van der Waals surface area contributed by atoms with E-state index in [0.717, 1.165) is 21.7 Å². The van der Waals surface area contributed by atoms with Gasteiger partial charge in [0, 0.05) is 21.3 Å². The monoisotopic (exact) mass is 320 g/mol. The summed E-state index contributed by atoms with van der Waals surface area (Å²) in [6, 6.07) is 11.1. The summed E-state index contributed by atoms with van der Waals surface area (Å²) in [5.41, 5.74) is 9.31. The number of hydrogen-bond donors (Lipinski definition) is 2. The summed E-state index contributed by atoms with van der Waals surface area (Å²) in [4.78, 5) is 13.1. The predicted octanol–water partition coefficient (Wildman–Crippen LogP) is 4.27. The molecule has 1 amide bonds. The molecule has 0 aliphatic heterocycles. The van der Waals surface area contributed by atoms with Crippen LogP contribution in [0, 0.1) is 13.8 Å². The van der Waals surface area contributed by atoms with Gasteiger partial charge in [-0.2, -0.15) is 0 Å². The maximum absolute atomic E-state index is 12.0. The summed E-state index contributed by atoms with van der Waals surface area (Å²) in [5, 5.41) is 3.49. The Morgan fingerprint density at radius 3 is 2.67 bits per heavy atom. The Bertz CT molecular complexity index is 673. The fraction of sp³-hybridized carbons (Fsp3) is 0.188. The number of nitrogens with two attached hydrogens (primary N) is 1. The number of anilines is 2. The third-order valence-electron chi connectivity index (χ3n) is 3.04. The normalized spacial score (nSPS) is 10.4. The lowest BCUT2D eigenvalue weighted by atomic mass is 10.2. The lowest BCUT2D eigenvalue weighted by Crippen LogP contribution is -2.14. The molecule has 0 atom stereocenters. The van der Waals surface area contributed by atoms with Gasteiger partial charge in [-0.25, -0.2) is 0 Å². The van der Waals surface area contributed by atoms with Crippen LogP contribution in [0.1, 0.15) is 11.1 Å². The highest BCUT2D eigenvalue weighted by Crippen LogP contribution is 2.25. The van der Waals surface area contributed by atoms with E-state index in [2.05, 4.69) is 5.32 Å². The lowest BCUT2D eigenvalue weighted by molar-refractivity contribution is -0.113. The summed E-state index contributed by atoms with van der Waals surface area (Å²) < 4.78 is 0. The number of thioether (sulfide) groups is 1. The minimum Gasteiger partial charge on any atom is -0.399 e. The highest BCUT2D eigenvalue weighted by molar-refractivity contribution is 8.00. The molecule has 3 N–H and O–H groups in total. The van der Waals surface area contributed by atoms with Crippen LogP contribution >= 0.6 is 23.4 Å². The third-order valence-corrected chi connectivity index (χ3v) is 4.44. The van der Waals surface area contributed by atoms with Gasteiger partial charge >= 0.3 is 0 Å². The van der Waals surface area contributed by atoms with Crippen LogP contribution in [0.3, 0.4) is 0 Å². The zero-order valence-electron chi connectivity index (χ0n) is 11.9. The molecule has 2 aromatic rings. The van der Waals surface area contributed by atoms with E-state index < -0.39 is 0 Å². The molecular formula is C16H17ClN2OS. The van der Waals surface area contributed by atoms with Crippen molar-refractivity contribution in [1.29, 1.82) is 0 Å². The summed E-state index contributed by atoms with van der Waals surface area (Å²) in [6.07, 6.45) is 0. The average Bonchev–Trinajstić information content (AvgIpc) is 2.44. The van der Waals surface area contributed by atoms with Gasteiger partial charge < -0.3 is 11.1 Å². The van der Waals surface area contributed by atoms with E-state index in [1.165, 1.54) is 11.8 Å². The topological polar surface area (TPSA) is 55.1 Å².